The van der Waals surface area contributed by atoms with Crippen molar-refractivity contribution in [2.24, 2.45) is 0 Å². The molecule has 0 amide bonds. The van der Waals surface area contributed by atoms with Crippen LogP contribution in [0.25, 0.3) is 0 Å². The molecule has 0 spiro atoms. The molecule has 0 rings (SSSR count). The molecule has 426 valence electrons. The second-order valence-electron chi connectivity index (χ2n) is 21.1. The Morgan fingerprint density at radius 1 is 0.324 bits per heavy atom. The average Bonchev–Trinajstić information content (AvgIpc) is 3.40. The number of allylic oxidation sites excluding steroid dienone is 16. The van der Waals surface area contributed by atoms with Crippen LogP contribution < -0.4 is 0 Å². The lowest BCUT2D eigenvalue weighted by molar-refractivity contribution is -0.161. The van der Waals surface area contributed by atoms with Crippen LogP contribution in [0.2, 0.25) is 0 Å². The van der Waals surface area contributed by atoms with Gasteiger partial charge in [-0.2, -0.15) is 0 Å². The molecule has 0 aromatic carbocycles. The van der Waals surface area contributed by atoms with Gasteiger partial charge in [0.25, 0.3) is 0 Å². The Labute approximate surface area is 459 Å². The fourth-order valence-corrected chi connectivity index (χ4v) is 9.12. The highest BCUT2D eigenvalue weighted by atomic mass is 16.6. The summed E-state index contributed by atoms with van der Waals surface area (Å²) >= 11 is 0. The van der Waals surface area contributed by atoms with Crippen LogP contribution >= 0.6 is 0 Å². The fourth-order valence-electron chi connectivity index (χ4n) is 9.12. The zero-order chi connectivity index (χ0) is 53.4. The normalized spacial score (nSPS) is 12.9. The van der Waals surface area contributed by atoms with Crippen molar-refractivity contribution in [3.63, 3.8) is 0 Å². The number of unbranched alkanes of at least 4 members (excludes halogenated alkanes) is 34. The predicted octanol–water partition coefficient (Wildman–Crippen LogP) is 21.9. The smallest absolute Gasteiger partial charge is 0.306 e. The van der Waals surface area contributed by atoms with E-state index >= 15 is 0 Å². The zero-order valence-corrected chi connectivity index (χ0v) is 48.8. The van der Waals surface area contributed by atoms with Crippen LogP contribution in [0.3, 0.4) is 0 Å². The molecule has 0 aliphatic rings. The zero-order valence-electron chi connectivity index (χ0n) is 48.8. The summed E-state index contributed by atoms with van der Waals surface area (Å²) in [6.45, 7) is 4.02. The first-order chi connectivity index (χ1) is 36.6. The van der Waals surface area contributed by atoms with E-state index in [1.807, 2.05) is 0 Å². The van der Waals surface area contributed by atoms with Gasteiger partial charge in [-0.15, -0.1) is 0 Å². The molecule has 1 unspecified atom stereocenters. The number of carbonyl (C=O) groups is 2. The standard InChI is InChI=1S/C69H120O5/c1-3-5-7-9-11-13-15-17-19-21-23-25-27-28-29-30-31-32-33-34-35-36-37-38-39-40-42-43-45-47-49-51-53-55-57-59-61-63-68(71)73-66-67(65-70)74-69(72)64-62-60-58-56-54-52-50-48-46-44-41-26-24-22-20-18-16-14-12-10-8-6-4-2/h6,8,12,14-15,17-18,20-21,23-24,26,44,46,50,52,67,70H,3-5,7,9-11,13,16,19,22,25,27-43,45,47-49,51,53-66H2,1-2H3/b8-6-,14-12-,17-15-,20-18-,23-21-,26-24-,46-44-,52-50-. The highest BCUT2D eigenvalue weighted by Crippen LogP contribution is 2.17. The Morgan fingerprint density at radius 2 is 0.581 bits per heavy atom. The fraction of sp³-hybridized carbons (Fsp3) is 0.739. The van der Waals surface area contributed by atoms with Gasteiger partial charge in [-0.25, -0.2) is 0 Å². The van der Waals surface area contributed by atoms with Gasteiger partial charge in [-0.05, 0) is 96.3 Å². The minimum atomic E-state index is -0.791. The van der Waals surface area contributed by atoms with Gasteiger partial charge in [0, 0.05) is 12.8 Å². The summed E-state index contributed by atoms with van der Waals surface area (Å²) in [5.41, 5.74) is 0. The van der Waals surface area contributed by atoms with E-state index in [2.05, 4.69) is 111 Å². The molecule has 0 aromatic rings. The van der Waals surface area contributed by atoms with Gasteiger partial charge in [0.2, 0.25) is 0 Å². The molecule has 74 heavy (non-hydrogen) atoms. The first-order valence-corrected chi connectivity index (χ1v) is 31.8. The van der Waals surface area contributed by atoms with Crippen LogP contribution in [-0.2, 0) is 19.1 Å². The molecule has 0 saturated heterocycles. The molecule has 5 heteroatoms. The van der Waals surface area contributed by atoms with E-state index in [0.29, 0.717) is 12.8 Å². The van der Waals surface area contributed by atoms with Gasteiger partial charge in [0.05, 0.1) is 6.61 Å². The first-order valence-electron chi connectivity index (χ1n) is 31.8. The number of aliphatic hydroxyl groups is 1. The van der Waals surface area contributed by atoms with Crippen LogP contribution in [-0.4, -0.2) is 36.4 Å². The number of esters is 2. The molecule has 0 radical (unpaired) electrons. The SMILES string of the molecule is CC/C=C\C/C=C\C/C=C\C/C=C\C/C=C\C/C=C\CCCCCCC(=O)OC(CO)COC(=O)CCCCCCCCCCCCCCCCCCCCCCCCCCC/C=C\C/C=C\CCCCCCC. The molecule has 0 fully saturated rings. The maximum absolute atomic E-state index is 12.3. The van der Waals surface area contributed by atoms with Crippen molar-refractivity contribution < 1.29 is 24.2 Å². The van der Waals surface area contributed by atoms with E-state index in [9.17, 15) is 14.7 Å². The van der Waals surface area contributed by atoms with Crippen LogP contribution in [0.15, 0.2) is 97.2 Å². The van der Waals surface area contributed by atoms with Gasteiger partial charge in [-0.3, -0.25) is 9.59 Å². The third-order valence-electron chi connectivity index (χ3n) is 13.9. The van der Waals surface area contributed by atoms with Crippen molar-refractivity contribution in [3.8, 4) is 0 Å². The molecule has 5 nitrogen and oxygen atoms in total. The summed E-state index contributed by atoms with van der Waals surface area (Å²) in [7, 11) is 0. The topological polar surface area (TPSA) is 72.8 Å². The lowest BCUT2D eigenvalue weighted by atomic mass is 10.0. The molecule has 0 aliphatic carbocycles. The largest absolute Gasteiger partial charge is 0.462 e. The molecule has 0 heterocycles. The number of aliphatic hydroxyl groups excluding tert-OH is 1. The molecule has 0 saturated carbocycles. The second kappa shape index (κ2) is 64.1. The number of rotatable bonds is 58. The third-order valence-corrected chi connectivity index (χ3v) is 13.9. The lowest BCUT2D eigenvalue weighted by Gasteiger charge is -2.15. The van der Waals surface area contributed by atoms with Gasteiger partial charge in [-0.1, -0.05) is 297 Å². The number of hydrogen-bond donors (Lipinski definition) is 1. The molecule has 1 atom stereocenters. The van der Waals surface area contributed by atoms with Crippen molar-refractivity contribution in [2.75, 3.05) is 13.2 Å². The van der Waals surface area contributed by atoms with Gasteiger partial charge in [0.1, 0.15) is 6.61 Å². The Kier molecular flexibility index (Phi) is 61.4. The van der Waals surface area contributed by atoms with Gasteiger partial charge in [0.15, 0.2) is 6.10 Å². The number of carbonyl (C=O) groups excluding carboxylic acids is 2. The summed E-state index contributed by atoms with van der Waals surface area (Å²) in [6, 6.07) is 0. The third kappa shape index (κ3) is 61.4. The average molecular weight is 1030 g/mol. The van der Waals surface area contributed by atoms with Crippen LogP contribution in [0.5, 0.6) is 0 Å². The highest BCUT2D eigenvalue weighted by molar-refractivity contribution is 5.70. The Morgan fingerprint density at radius 3 is 0.878 bits per heavy atom. The van der Waals surface area contributed by atoms with E-state index in [1.165, 1.54) is 186 Å². The summed E-state index contributed by atoms with van der Waals surface area (Å²) in [4.78, 5) is 24.6. The van der Waals surface area contributed by atoms with E-state index in [-0.39, 0.29) is 25.2 Å². The maximum atomic E-state index is 12.3. The molecular formula is C69H120O5. The Balaban J connectivity index is 3.46. The van der Waals surface area contributed by atoms with Crippen molar-refractivity contribution in [2.45, 2.75) is 315 Å². The monoisotopic (exact) mass is 1030 g/mol. The molecule has 0 aromatic heterocycles. The first kappa shape index (κ1) is 70.8. The minimum Gasteiger partial charge on any atom is -0.462 e. The van der Waals surface area contributed by atoms with Crippen molar-refractivity contribution >= 4 is 11.9 Å². The van der Waals surface area contributed by atoms with Crippen LogP contribution in [0, 0.1) is 0 Å². The van der Waals surface area contributed by atoms with Crippen molar-refractivity contribution in [1.82, 2.24) is 0 Å². The van der Waals surface area contributed by atoms with E-state index in [4.69, 9.17) is 9.47 Å². The highest BCUT2D eigenvalue weighted by Gasteiger charge is 2.16. The van der Waals surface area contributed by atoms with Crippen LogP contribution in [0.1, 0.15) is 309 Å². The Hall–Kier alpha value is -3.18. The van der Waals surface area contributed by atoms with Crippen molar-refractivity contribution in [1.29, 1.82) is 0 Å². The predicted molar refractivity (Wildman–Crippen MR) is 325 cm³/mol. The van der Waals surface area contributed by atoms with E-state index < -0.39 is 6.10 Å². The van der Waals surface area contributed by atoms with Gasteiger partial charge < -0.3 is 14.6 Å². The Bertz CT molecular complexity index is 1400. The summed E-state index contributed by atoms with van der Waals surface area (Å²) in [6.07, 6.45) is 91.3. The molecular weight excluding hydrogens is 909 g/mol. The lowest BCUT2D eigenvalue weighted by Crippen LogP contribution is -2.28. The number of hydrogen-bond acceptors (Lipinski definition) is 5. The summed E-state index contributed by atoms with van der Waals surface area (Å²) in [5, 5.41) is 9.67. The molecule has 0 bridgehead atoms. The quantitative estimate of drug-likeness (QED) is 0.0373. The molecule has 0 aliphatic heterocycles. The van der Waals surface area contributed by atoms with E-state index in [1.54, 1.807) is 0 Å². The van der Waals surface area contributed by atoms with Crippen LogP contribution in [0.4, 0.5) is 0 Å². The van der Waals surface area contributed by atoms with E-state index in [0.717, 1.165) is 96.3 Å². The summed E-state index contributed by atoms with van der Waals surface area (Å²) in [5.74, 6) is -0.613. The maximum Gasteiger partial charge on any atom is 0.306 e. The summed E-state index contributed by atoms with van der Waals surface area (Å²) < 4.78 is 10.7. The second-order valence-corrected chi connectivity index (χ2v) is 21.1. The van der Waals surface area contributed by atoms with Crippen molar-refractivity contribution in [3.05, 3.63) is 97.2 Å². The number of ether oxygens (including phenoxy) is 2. The van der Waals surface area contributed by atoms with Gasteiger partial charge >= 0.3 is 11.9 Å². The minimum absolute atomic E-state index is 0.0785. The molecule has 1 N–H and O–H groups in total.